The van der Waals surface area contributed by atoms with E-state index in [-0.39, 0.29) is 11.9 Å². The van der Waals surface area contributed by atoms with Crippen LogP contribution in [0.4, 0.5) is 0 Å². The molecule has 1 fully saturated rings. The summed E-state index contributed by atoms with van der Waals surface area (Å²) in [4.78, 5) is 11.5. The molecule has 1 amide bonds. The van der Waals surface area contributed by atoms with Crippen LogP contribution < -0.4 is 11.2 Å². The second-order valence-corrected chi connectivity index (χ2v) is 3.89. The highest BCUT2D eigenvalue weighted by Gasteiger charge is 2.14. The summed E-state index contributed by atoms with van der Waals surface area (Å²) in [7, 11) is 0. The maximum atomic E-state index is 11.5. The lowest BCUT2D eigenvalue weighted by atomic mass is 10.1. The van der Waals surface area contributed by atoms with Crippen LogP contribution in [0.1, 0.15) is 26.2 Å². The van der Waals surface area contributed by atoms with Gasteiger partial charge in [-0.2, -0.15) is 0 Å². The molecule has 1 heterocycles. The van der Waals surface area contributed by atoms with Crippen molar-refractivity contribution in [3.8, 4) is 0 Å². The molecule has 0 radical (unpaired) electrons. The van der Waals surface area contributed by atoms with Crippen LogP contribution in [0.15, 0.2) is 0 Å². The zero-order chi connectivity index (χ0) is 11.1. The number of carbonyl (C=O) groups is 1. The molecule has 1 aliphatic rings. The number of nitrogens with two attached hydrogens (primary N) is 1. The second kappa shape index (κ2) is 6.76. The Kier molecular flexibility index (Phi) is 5.60. The number of ether oxygens (including phenoxy) is 1. The quantitative estimate of drug-likeness (QED) is 0.670. The summed E-state index contributed by atoms with van der Waals surface area (Å²) in [5.74, 6) is 0.0119. The fourth-order valence-corrected chi connectivity index (χ4v) is 1.61. The van der Waals surface area contributed by atoms with Crippen LogP contribution in [0.2, 0.25) is 0 Å². The van der Waals surface area contributed by atoms with Crippen LogP contribution in [0, 0.1) is 0 Å². The van der Waals surface area contributed by atoms with Crippen molar-refractivity contribution in [3.05, 3.63) is 0 Å². The molecule has 0 saturated carbocycles. The molecule has 1 atom stereocenters. The molecule has 1 aliphatic heterocycles. The number of carbonyl (C=O) groups excluding carboxylic acids is 1. The molecule has 15 heavy (non-hydrogen) atoms. The summed E-state index contributed by atoms with van der Waals surface area (Å²) in [5, 5.41) is 1.89. The van der Waals surface area contributed by atoms with E-state index in [4.69, 9.17) is 10.5 Å². The lowest BCUT2D eigenvalue weighted by Gasteiger charge is -2.27. The molecule has 1 rings (SSSR count). The molecule has 0 aromatic carbocycles. The van der Waals surface area contributed by atoms with Gasteiger partial charge in [0, 0.05) is 25.6 Å². The average molecular weight is 215 g/mol. The van der Waals surface area contributed by atoms with Gasteiger partial charge in [0.15, 0.2) is 0 Å². The molecule has 3 N–H and O–H groups in total. The van der Waals surface area contributed by atoms with E-state index in [1.165, 1.54) is 0 Å². The molecule has 0 spiro atoms. The van der Waals surface area contributed by atoms with Crippen molar-refractivity contribution in [3.63, 3.8) is 0 Å². The molecular formula is C10H21N3O2. The van der Waals surface area contributed by atoms with Gasteiger partial charge < -0.3 is 10.5 Å². The summed E-state index contributed by atoms with van der Waals surface area (Å²) in [6.07, 6.45) is 2.33. The fourth-order valence-electron chi connectivity index (χ4n) is 1.61. The normalized spacial score (nSPS) is 19.9. The summed E-state index contributed by atoms with van der Waals surface area (Å²) in [6, 6.07) is -0.0176. The van der Waals surface area contributed by atoms with Crippen molar-refractivity contribution in [1.82, 2.24) is 10.4 Å². The first-order chi connectivity index (χ1) is 7.22. The predicted molar refractivity (Wildman–Crippen MR) is 58.0 cm³/mol. The van der Waals surface area contributed by atoms with Gasteiger partial charge in [-0.25, -0.2) is 5.01 Å². The monoisotopic (exact) mass is 215 g/mol. The predicted octanol–water partition coefficient (Wildman–Crippen LogP) is -0.133. The van der Waals surface area contributed by atoms with Crippen molar-refractivity contribution < 1.29 is 9.53 Å². The third-order valence-corrected chi connectivity index (χ3v) is 2.40. The average Bonchev–Trinajstić information content (AvgIpc) is 2.19. The smallest absolute Gasteiger partial charge is 0.235 e. The molecule has 0 aromatic rings. The van der Waals surface area contributed by atoms with E-state index in [0.29, 0.717) is 19.6 Å². The van der Waals surface area contributed by atoms with Gasteiger partial charge in [0.25, 0.3) is 0 Å². The maximum absolute atomic E-state index is 11.5. The van der Waals surface area contributed by atoms with E-state index in [1.807, 2.05) is 5.01 Å². The van der Waals surface area contributed by atoms with E-state index >= 15 is 0 Å². The highest BCUT2D eigenvalue weighted by Crippen LogP contribution is 1.99. The first kappa shape index (κ1) is 12.4. The summed E-state index contributed by atoms with van der Waals surface area (Å²) < 4.78 is 5.18. The van der Waals surface area contributed by atoms with E-state index in [9.17, 15) is 4.79 Å². The van der Waals surface area contributed by atoms with E-state index < -0.39 is 0 Å². The van der Waals surface area contributed by atoms with Gasteiger partial charge in [0.2, 0.25) is 5.91 Å². The Morgan fingerprint density at radius 2 is 2.20 bits per heavy atom. The molecule has 5 heteroatoms. The van der Waals surface area contributed by atoms with Crippen LogP contribution in [-0.2, 0) is 9.53 Å². The molecule has 88 valence electrons. The first-order valence-corrected chi connectivity index (χ1v) is 5.60. The number of hydrazine groups is 1. The molecule has 0 aliphatic carbocycles. The van der Waals surface area contributed by atoms with Crippen molar-refractivity contribution in [1.29, 1.82) is 0 Å². The van der Waals surface area contributed by atoms with Crippen molar-refractivity contribution in [2.45, 2.75) is 32.2 Å². The Labute approximate surface area is 90.9 Å². The number of nitrogens with zero attached hydrogens (tertiary/aromatic N) is 1. The zero-order valence-electron chi connectivity index (χ0n) is 9.37. The van der Waals surface area contributed by atoms with Gasteiger partial charge in [-0.05, 0) is 6.42 Å². The zero-order valence-corrected chi connectivity index (χ0v) is 9.37. The molecule has 0 aromatic heterocycles. The summed E-state index contributed by atoms with van der Waals surface area (Å²) in [5.41, 5.74) is 8.63. The number of hydrogen-bond donors (Lipinski definition) is 2. The van der Waals surface area contributed by atoms with Gasteiger partial charge in [0.05, 0.1) is 13.2 Å². The van der Waals surface area contributed by atoms with Crippen molar-refractivity contribution in [2.75, 3.05) is 26.3 Å². The summed E-state index contributed by atoms with van der Waals surface area (Å²) in [6.45, 7) is 4.95. The van der Waals surface area contributed by atoms with Crippen LogP contribution in [0.25, 0.3) is 0 Å². The van der Waals surface area contributed by atoms with Crippen LogP contribution in [-0.4, -0.2) is 43.3 Å². The highest BCUT2D eigenvalue weighted by molar-refractivity contribution is 5.76. The Bertz CT molecular complexity index is 193. The largest absolute Gasteiger partial charge is 0.379 e. The van der Waals surface area contributed by atoms with Gasteiger partial charge in [-0.3, -0.25) is 10.2 Å². The lowest BCUT2D eigenvalue weighted by molar-refractivity contribution is -0.128. The number of amides is 1. The molecular weight excluding hydrogens is 194 g/mol. The standard InChI is InChI=1S/C10H21N3O2/c1-2-3-9(11)8-10(14)12-13-4-6-15-7-5-13/h9H,2-8,11H2,1H3,(H,12,14). The second-order valence-electron chi connectivity index (χ2n) is 3.89. The van der Waals surface area contributed by atoms with Crippen LogP contribution >= 0.6 is 0 Å². The van der Waals surface area contributed by atoms with Crippen molar-refractivity contribution >= 4 is 5.91 Å². The number of morpholine rings is 1. The number of hydrogen-bond acceptors (Lipinski definition) is 4. The third kappa shape index (κ3) is 5.11. The van der Waals surface area contributed by atoms with E-state index in [2.05, 4.69) is 12.3 Å². The molecule has 0 bridgehead atoms. The first-order valence-electron chi connectivity index (χ1n) is 5.60. The minimum absolute atomic E-state index is 0.0119. The Morgan fingerprint density at radius 3 is 2.80 bits per heavy atom. The maximum Gasteiger partial charge on any atom is 0.235 e. The Hall–Kier alpha value is -0.650. The van der Waals surface area contributed by atoms with Crippen LogP contribution in [0.5, 0.6) is 0 Å². The van der Waals surface area contributed by atoms with Crippen LogP contribution in [0.3, 0.4) is 0 Å². The minimum Gasteiger partial charge on any atom is -0.379 e. The van der Waals surface area contributed by atoms with Gasteiger partial charge in [0.1, 0.15) is 0 Å². The van der Waals surface area contributed by atoms with E-state index in [0.717, 1.165) is 25.9 Å². The SMILES string of the molecule is CCCC(N)CC(=O)NN1CCOCC1. The van der Waals surface area contributed by atoms with Gasteiger partial charge >= 0.3 is 0 Å². The Morgan fingerprint density at radius 1 is 1.53 bits per heavy atom. The minimum atomic E-state index is -0.0176. The molecule has 1 unspecified atom stereocenters. The fraction of sp³-hybridized carbons (Fsp3) is 0.900. The van der Waals surface area contributed by atoms with Gasteiger partial charge in [-0.15, -0.1) is 0 Å². The van der Waals surface area contributed by atoms with Gasteiger partial charge in [-0.1, -0.05) is 13.3 Å². The molecule has 5 nitrogen and oxygen atoms in total. The topological polar surface area (TPSA) is 67.6 Å². The number of rotatable bonds is 5. The summed E-state index contributed by atoms with van der Waals surface area (Å²) >= 11 is 0. The molecule has 1 saturated heterocycles. The third-order valence-electron chi connectivity index (χ3n) is 2.40. The number of nitrogens with one attached hydrogen (secondary N) is 1. The highest BCUT2D eigenvalue weighted by atomic mass is 16.5. The van der Waals surface area contributed by atoms with E-state index in [1.54, 1.807) is 0 Å². The lowest BCUT2D eigenvalue weighted by Crippen LogP contribution is -2.49. The van der Waals surface area contributed by atoms with Crippen molar-refractivity contribution in [2.24, 2.45) is 5.73 Å². The Balaban J connectivity index is 2.16.